The highest BCUT2D eigenvalue weighted by Crippen LogP contribution is 2.59. The molecule has 3 aliphatic rings. The lowest BCUT2D eigenvalue weighted by molar-refractivity contribution is -0.384. The highest BCUT2D eigenvalue weighted by atomic mass is 16.6. The van der Waals surface area contributed by atoms with Crippen LogP contribution in [0, 0.1) is 27.4 Å². The number of esters is 1. The molecule has 0 aromatic heterocycles. The Hall–Kier alpha value is -1.91. The van der Waals surface area contributed by atoms with Crippen LogP contribution >= 0.6 is 0 Å². The van der Waals surface area contributed by atoms with Gasteiger partial charge >= 0.3 is 5.97 Å². The second kappa shape index (κ2) is 4.83. The fourth-order valence-electron chi connectivity index (χ4n) is 3.81. The van der Waals surface area contributed by atoms with Crippen molar-refractivity contribution in [2.45, 2.75) is 39.2 Å². The zero-order valence-corrected chi connectivity index (χ0v) is 12.2. The number of hydrogen-bond acceptors (Lipinski definition) is 4. The van der Waals surface area contributed by atoms with E-state index in [9.17, 15) is 14.9 Å². The van der Waals surface area contributed by atoms with E-state index in [0.29, 0.717) is 11.5 Å². The SMILES string of the molecule is CC1(C)[C@H]2CC[C@H](OC(=O)c3ccc([N+](=O)[O-])cc3)[C@@H]1C2. The summed E-state index contributed by atoms with van der Waals surface area (Å²) in [5.74, 6) is 0.825. The molecule has 5 heteroatoms. The molecule has 0 radical (unpaired) electrons. The first-order valence-electron chi connectivity index (χ1n) is 7.35. The van der Waals surface area contributed by atoms with Crippen molar-refractivity contribution < 1.29 is 14.5 Å². The van der Waals surface area contributed by atoms with Crippen molar-refractivity contribution in [1.82, 2.24) is 0 Å². The van der Waals surface area contributed by atoms with Gasteiger partial charge in [0, 0.05) is 18.1 Å². The average molecular weight is 289 g/mol. The summed E-state index contributed by atoms with van der Waals surface area (Å²) in [5, 5.41) is 10.6. The van der Waals surface area contributed by atoms with Crippen LogP contribution in [-0.2, 0) is 4.74 Å². The quantitative estimate of drug-likeness (QED) is 0.484. The van der Waals surface area contributed by atoms with E-state index in [1.807, 2.05) is 0 Å². The van der Waals surface area contributed by atoms with Gasteiger partial charge in [0.05, 0.1) is 10.5 Å². The Labute approximate surface area is 123 Å². The third kappa shape index (κ3) is 2.30. The van der Waals surface area contributed by atoms with Gasteiger partial charge in [0.2, 0.25) is 0 Å². The number of benzene rings is 1. The third-order valence-corrected chi connectivity index (χ3v) is 5.37. The number of hydrogen-bond donors (Lipinski definition) is 0. The molecule has 1 aromatic rings. The van der Waals surface area contributed by atoms with E-state index in [0.717, 1.165) is 25.2 Å². The van der Waals surface area contributed by atoms with Gasteiger partial charge in [0.25, 0.3) is 5.69 Å². The number of fused-ring (bicyclic) bond motifs is 2. The Balaban J connectivity index is 1.67. The lowest BCUT2D eigenvalue weighted by atomic mass is 9.48. The summed E-state index contributed by atoms with van der Waals surface area (Å²) in [5.41, 5.74) is 0.616. The number of carbonyl (C=O) groups is 1. The fourth-order valence-corrected chi connectivity index (χ4v) is 3.81. The van der Waals surface area contributed by atoms with E-state index in [-0.39, 0.29) is 23.2 Å². The van der Waals surface area contributed by atoms with Gasteiger partial charge in [-0.1, -0.05) is 13.8 Å². The van der Waals surface area contributed by atoms with Gasteiger partial charge in [-0.3, -0.25) is 10.1 Å². The van der Waals surface area contributed by atoms with E-state index < -0.39 is 4.92 Å². The van der Waals surface area contributed by atoms with Gasteiger partial charge in [-0.05, 0) is 42.7 Å². The molecule has 1 aromatic carbocycles. The third-order valence-electron chi connectivity index (χ3n) is 5.37. The van der Waals surface area contributed by atoms with Crippen LogP contribution in [0.5, 0.6) is 0 Å². The Morgan fingerprint density at radius 1 is 1.29 bits per heavy atom. The van der Waals surface area contributed by atoms with Crippen LogP contribution in [0.15, 0.2) is 24.3 Å². The number of rotatable bonds is 3. The molecule has 0 saturated heterocycles. The molecular formula is C16H19NO4. The van der Waals surface area contributed by atoms with Crippen LogP contribution in [0.3, 0.4) is 0 Å². The Morgan fingerprint density at radius 3 is 2.48 bits per heavy atom. The molecular weight excluding hydrogens is 270 g/mol. The molecule has 112 valence electrons. The minimum atomic E-state index is -0.479. The monoisotopic (exact) mass is 289 g/mol. The Kier molecular flexibility index (Phi) is 3.23. The van der Waals surface area contributed by atoms with Gasteiger partial charge in [0.15, 0.2) is 0 Å². The summed E-state index contributed by atoms with van der Waals surface area (Å²) >= 11 is 0. The van der Waals surface area contributed by atoms with Crippen molar-refractivity contribution >= 4 is 11.7 Å². The zero-order chi connectivity index (χ0) is 15.2. The van der Waals surface area contributed by atoms with Crippen molar-refractivity contribution in [1.29, 1.82) is 0 Å². The maximum atomic E-state index is 12.2. The molecule has 0 heterocycles. The van der Waals surface area contributed by atoms with Gasteiger partial charge in [0.1, 0.15) is 6.10 Å². The predicted molar refractivity (Wildman–Crippen MR) is 76.9 cm³/mol. The van der Waals surface area contributed by atoms with Gasteiger partial charge in [-0.15, -0.1) is 0 Å². The van der Waals surface area contributed by atoms with Crippen molar-refractivity contribution in [3.05, 3.63) is 39.9 Å². The van der Waals surface area contributed by atoms with Crippen LogP contribution in [0.25, 0.3) is 0 Å². The number of ether oxygens (including phenoxy) is 1. The highest BCUT2D eigenvalue weighted by Gasteiger charge is 2.55. The smallest absolute Gasteiger partial charge is 0.338 e. The number of nitro benzene ring substituents is 1. The fraction of sp³-hybridized carbons (Fsp3) is 0.562. The van der Waals surface area contributed by atoms with E-state index in [4.69, 9.17) is 4.74 Å². The van der Waals surface area contributed by atoms with Crippen molar-refractivity contribution in [2.75, 3.05) is 0 Å². The van der Waals surface area contributed by atoms with Gasteiger partial charge < -0.3 is 4.74 Å². The normalized spacial score (nSPS) is 29.3. The molecule has 21 heavy (non-hydrogen) atoms. The number of non-ortho nitro benzene ring substituents is 1. The topological polar surface area (TPSA) is 69.4 Å². The van der Waals surface area contributed by atoms with Crippen LogP contribution in [0.4, 0.5) is 5.69 Å². The van der Waals surface area contributed by atoms with Crippen LogP contribution in [0.2, 0.25) is 0 Å². The molecule has 0 aliphatic heterocycles. The van der Waals surface area contributed by atoms with Crippen LogP contribution < -0.4 is 0 Å². The molecule has 4 rings (SSSR count). The average Bonchev–Trinajstić information content (AvgIpc) is 2.47. The molecule has 0 amide bonds. The maximum absolute atomic E-state index is 12.2. The maximum Gasteiger partial charge on any atom is 0.338 e. The standard InChI is InChI=1S/C16H19NO4/c1-16(2)11-5-8-14(13(16)9-11)21-15(18)10-3-6-12(7-4-10)17(19)20/h3-4,6-7,11,13-14H,5,8-9H2,1-2H3/t11-,13-,14-/m0/s1. The van der Waals surface area contributed by atoms with Crippen molar-refractivity contribution in [2.24, 2.45) is 17.3 Å². The summed E-state index contributed by atoms with van der Waals surface area (Å²) in [7, 11) is 0. The second-order valence-corrected chi connectivity index (χ2v) is 6.69. The first-order chi connectivity index (χ1) is 9.89. The number of nitro groups is 1. The zero-order valence-electron chi connectivity index (χ0n) is 12.2. The summed E-state index contributed by atoms with van der Waals surface area (Å²) in [4.78, 5) is 22.3. The molecule has 2 bridgehead atoms. The van der Waals surface area contributed by atoms with Gasteiger partial charge in [-0.2, -0.15) is 0 Å². The Bertz CT molecular complexity index is 576. The lowest BCUT2D eigenvalue weighted by Crippen LogP contribution is -2.55. The minimum Gasteiger partial charge on any atom is -0.458 e. The second-order valence-electron chi connectivity index (χ2n) is 6.69. The first kappa shape index (κ1) is 14.0. The van der Waals surface area contributed by atoms with Crippen molar-refractivity contribution in [3.63, 3.8) is 0 Å². The highest BCUT2D eigenvalue weighted by molar-refractivity contribution is 5.89. The largest absolute Gasteiger partial charge is 0.458 e. The molecule has 3 saturated carbocycles. The summed E-state index contributed by atoms with van der Waals surface area (Å²) < 4.78 is 5.65. The molecule has 3 fully saturated rings. The Morgan fingerprint density at radius 2 is 1.95 bits per heavy atom. The molecule has 3 atom stereocenters. The van der Waals surface area contributed by atoms with Crippen molar-refractivity contribution in [3.8, 4) is 0 Å². The number of carbonyl (C=O) groups excluding carboxylic acids is 1. The van der Waals surface area contributed by atoms with E-state index >= 15 is 0 Å². The first-order valence-corrected chi connectivity index (χ1v) is 7.35. The summed E-state index contributed by atoms with van der Waals surface area (Å²) in [6, 6.07) is 5.58. The molecule has 3 aliphatic carbocycles. The van der Waals surface area contributed by atoms with Gasteiger partial charge in [-0.25, -0.2) is 4.79 Å². The van der Waals surface area contributed by atoms with Crippen LogP contribution in [-0.4, -0.2) is 17.0 Å². The molecule has 5 nitrogen and oxygen atoms in total. The van der Waals surface area contributed by atoms with Crippen LogP contribution in [0.1, 0.15) is 43.5 Å². The van der Waals surface area contributed by atoms with E-state index in [1.165, 1.54) is 24.3 Å². The molecule has 0 unspecified atom stereocenters. The number of nitrogens with zero attached hydrogens (tertiary/aromatic N) is 1. The summed E-state index contributed by atoms with van der Waals surface area (Å²) in [6.45, 7) is 4.50. The molecule has 0 spiro atoms. The molecule has 0 N–H and O–H groups in total. The lowest BCUT2D eigenvalue weighted by Gasteiger charge is -2.59. The van der Waals surface area contributed by atoms with E-state index in [2.05, 4.69) is 13.8 Å². The minimum absolute atomic E-state index is 0.0207. The summed E-state index contributed by atoms with van der Waals surface area (Å²) in [6.07, 6.45) is 3.16. The van der Waals surface area contributed by atoms with E-state index in [1.54, 1.807) is 0 Å². The predicted octanol–water partition coefficient (Wildman–Crippen LogP) is 3.58.